The van der Waals surface area contributed by atoms with Gasteiger partial charge in [0.25, 0.3) is 5.56 Å². The summed E-state index contributed by atoms with van der Waals surface area (Å²) in [4.78, 5) is 32.2. The van der Waals surface area contributed by atoms with Gasteiger partial charge in [0.2, 0.25) is 5.91 Å². The topological polar surface area (TPSA) is 68.3 Å². The fourth-order valence-corrected chi connectivity index (χ4v) is 3.93. The van der Waals surface area contributed by atoms with E-state index in [-0.39, 0.29) is 23.3 Å². The first-order chi connectivity index (χ1) is 13.0. The van der Waals surface area contributed by atoms with E-state index in [1.807, 2.05) is 45.0 Å². The third kappa shape index (κ3) is 4.08. The Kier molecular flexibility index (Phi) is 6.01. The predicted octanol–water partition coefficient (Wildman–Crippen LogP) is 3.39. The van der Waals surface area contributed by atoms with E-state index in [0.717, 1.165) is 0 Å². The quantitative estimate of drug-likeness (QED) is 0.461. The van der Waals surface area contributed by atoms with Gasteiger partial charge in [-0.3, -0.25) is 14.2 Å². The Morgan fingerprint density at radius 3 is 2.63 bits per heavy atom. The smallest absolute Gasteiger partial charge is 0.262 e. The van der Waals surface area contributed by atoms with E-state index in [0.29, 0.717) is 34.9 Å². The summed E-state index contributed by atoms with van der Waals surface area (Å²) in [5.41, 5.74) is 0.491. The van der Waals surface area contributed by atoms with Crippen molar-refractivity contribution in [1.29, 1.82) is 0 Å². The molecule has 1 aromatic carbocycles. The number of carbonyl (C=O) groups is 1. The maximum Gasteiger partial charge on any atom is 0.262 e. The average molecular weight is 385 g/mol. The van der Waals surface area contributed by atoms with Crippen LogP contribution >= 0.6 is 11.8 Å². The Labute approximate surface area is 162 Å². The normalized spacial score (nSPS) is 12.3. The molecule has 1 amide bonds. The molecule has 2 aromatic heterocycles. The van der Waals surface area contributed by atoms with E-state index in [9.17, 15) is 9.59 Å². The molecule has 6 nitrogen and oxygen atoms in total. The second kappa shape index (κ2) is 8.43. The van der Waals surface area contributed by atoms with Gasteiger partial charge in [-0.25, -0.2) is 4.98 Å². The number of carbonyl (C=O) groups excluding carboxylic acids is 1. The van der Waals surface area contributed by atoms with E-state index >= 15 is 0 Å². The lowest BCUT2D eigenvalue weighted by Gasteiger charge is -2.23. The van der Waals surface area contributed by atoms with Crippen molar-refractivity contribution < 1.29 is 9.21 Å². The van der Waals surface area contributed by atoms with Crippen molar-refractivity contribution in [3.8, 4) is 0 Å². The molecule has 0 radical (unpaired) electrons. The number of fused-ring (bicyclic) bond motifs is 1. The van der Waals surface area contributed by atoms with Gasteiger partial charge in [-0.2, -0.15) is 0 Å². The number of para-hydroxylation sites is 1. The number of hydrogen-bond acceptors (Lipinski definition) is 5. The van der Waals surface area contributed by atoms with Crippen LogP contribution in [0.1, 0.15) is 26.5 Å². The summed E-state index contributed by atoms with van der Waals surface area (Å²) in [7, 11) is 0. The lowest BCUT2D eigenvalue weighted by atomic mass is 10.2. The molecule has 0 fully saturated rings. The highest BCUT2D eigenvalue weighted by Crippen LogP contribution is 2.24. The molecule has 0 aliphatic heterocycles. The SMILES string of the molecule is CCN(CC)C(=O)C(C)Sc1nc2ccccc2c(=O)n1Cc1ccco1. The summed E-state index contributed by atoms with van der Waals surface area (Å²) >= 11 is 1.31. The van der Waals surface area contributed by atoms with E-state index in [1.165, 1.54) is 11.8 Å². The Morgan fingerprint density at radius 2 is 1.96 bits per heavy atom. The number of aromatic nitrogens is 2. The standard InChI is InChI=1S/C20H23N3O3S/c1-4-22(5-2)18(24)14(3)27-20-21-17-11-7-6-10-16(17)19(25)23(20)13-15-9-8-12-26-15/h6-12,14H,4-5,13H2,1-3H3. The summed E-state index contributed by atoms with van der Waals surface area (Å²) in [5.74, 6) is 0.704. The van der Waals surface area contributed by atoms with Gasteiger partial charge >= 0.3 is 0 Å². The van der Waals surface area contributed by atoms with Crippen molar-refractivity contribution in [3.63, 3.8) is 0 Å². The Bertz CT molecular complexity index is 978. The van der Waals surface area contributed by atoms with Crippen LogP contribution in [0.25, 0.3) is 10.9 Å². The summed E-state index contributed by atoms with van der Waals surface area (Å²) in [6.07, 6.45) is 1.58. The van der Waals surface area contributed by atoms with E-state index < -0.39 is 0 Å². The Hall–Kier alpha value is -2.54. The lowest BCUT2D eigenvalue weighted by molar-refractivity contribution is -0.129. The molecule has 0 spiro atoms. The molecule has 0 bridgehead atoms. The minimum Gasteiger partial charge on any atom is -0.467 e. The van der Waals surface area contributed by atoms with Crippen molar-refractivity contribution in [1.82, 2.24) is 14.5 Å². The zero-order valence-electron chi connectivity index (χ0n) is 15.7. The molecule has 1 atom stereocenters. The van der Waals surface area contributed by atoms with E-state index in [4.69, 9.17) is 4.42 Å². The predicted molar refractivity (Wildman–Crippen MR) is 107 cm³/mol. The Morgan fingerprint density at radius 1 is 1.22 bits per heavy atom. The van der Waals surface area contributed by atoms with Crippen LogP contribution in [0.2, 0.25) is 0 Å². The number of furan rings is 1. The largest absolute Gasteiger partial charge is 0.467 e. The maximum absolute atomic E-state index is 13.0. The van der Waals surface area contributed by atoms with Crippen molar-refractivity contribution in [2.75, 3.05) is 13.1 Å². The molecule has 0 N–H and O–H groups in total. The molecule has 7 heteroatoms. The van der Waals surface area contributed by atoms with E-state index in [2.05, 4.69) is 4.98 Å². The molecular weight excluding hydrogens is 362 g/mol. The number of thioether (sulfide) groups is 1. The third-order valence-corrected chi connectivity index (χ3v) is 5.50. The minimum absolute atomic E-state index is 0.0388. The van der Waals surface area contributed by atoms with Crippen LogP contribution in [-0.4, -0.2) is 38.7 Å². The van der Waals surface area contributed by atoms with Gasteiger partial charge in [0.05, 0.1) is 29.0 Å². The number of nitrogens with zero attached hydrogens (tertiary/aromatic N) is 3. The van der Waals surface area contributed by atoms with Crippen LogP contribution < -0.4 is 5.56 Å². The molecule has 0 aliphatic carbocycles. The van der Waals surface area contributed by atoms with Gasteiger partial charge in [-0.1, -0.05) is 23.9 Å². The van der Waals surface area contributed by atoms with Crippen LogP contribution in [0.5, 0.6) is 0 Å². The average Bonchev–Trinajstić information content (AvgIpc) is 3.19. The monoisotopic (exact) mass is 385 g/mol. The van der Waals surface area contributed by atoms with Gasteiger partial charge in [0.1, 0.15) is 5.76 Å². The molecule has 0 saturated carbocycles. The molecule has 1 unspecified atom stereocenters. The zero-order valence-corrected chi connectivity index (χ0v) is 16.5. The summed E-state index contributed by atoms with van der Waals surface area (Å²) < 4.78 is 6.99. The molecular formula is C20H23N3O3S. The third-order valence-electron chi connectivity index (χ3n) is 4.43. The van der Waals surface area contributed by atoms with Crippen molar-refractivity contribution in [3.05, 3.63) is 58.8 Å². The molecule has 3 rings (SSSR count). The fraction of sp³-hybridized carbons (Fsp3) is 0.350. The number of rotatable bonds is 7. The van der Waals surface area contributed by atoms with Crippen LogP contribution in [0.4, 0.5) is 0 Å². The summed E-state index contributed by atoms with van der Waals surface area (Å²) in [6.45, 7) is 7.36. The van der Waals surface area contributed by atoms with Crippen molar-refractivity contribution in [2.24, 2.45) is 0 Å². The number of hydrogen-bond donors (Lipinski definition) is 0. The van der Waals surface area contributed by atoms with Crippen LogP contribution in [0.3, 0.4) is 0 Å². The van der Waals surface area contributed by atoms with Crippen LogP contribution in [-0.2, 0) is 11.3 Å². The van der Waals surface area contributed by atoms with Crippen molar-refractivity contribution >= 4 is 28.6 Å². The van der Waals surface area contributed by atoms with Gasteiger partial charge in [-0.15, -0.1) is 0 Å². The maximum atomic E-state index is 13.0. The van der Waals surface area contributed by atoms with Gasteiger partial charge < -0.3 is 9.32 Å². The van der Waals surface area contributed by atoms with Crippen molar-refractivity contribution in [2.45, 2.75) is 37.7 Å². The first-order valence-corrected chi connectivity index (χ1v) is 9.90. The molecule has 142 valence electrons. The van der Waals surface area contributed by atoms with Crippen LogP contribution in [0.15, 0.2) is 57.0 Å². The second-order valence-corrected chi connectivity index (χ2v) is 7.46. The van der Waals surface area contributed by atoms with Crippen LogP contribution in [0, 0.1) is 0 Å². The highest BCUT2D eigenvalue weighted by Gasteiger charge is 2.22. The van der Waals surface area contributed by atoms with E-state index in [1.54, 1.807) is 27.9 Å². The highest BCUT2D eigenvalue weighted by molar-refractivity contribution is 8.00. The van der Waals surface area contributed by atoms with Gasteiger partial charge in [0.15, 0.2) is 5.16 Å². The first kappa shape index (κ1) is 19.2. The number of benzene rings is 1. The second-order valence-electron chi connectivity index (χ2n) is 6.15. The molecule has 2 heterocycles. The molecule has 27 heavy (non-hydrogen) atoms. The van der Waals surface area contributed by atoms with Gasteiger partial charge in [0, 0.05) is 13.1 Å². The zero-order chi connectivity index (χ0) is 19.4. The molecule has 0 aliphatic rings. The minimum atomic E-state index is -0.346. The molecule has 0 saturated heterocycles. The fourth-order valence-electron chi connectivity index (χ4n) is 2.94. The Balaban J connectivity index is 2.02. The number of amides is 1. The lowest BCUT2D eigenvalue weighted by Crippen LogP contribution is -2.36. The highest BCUT2D eigenvalue weighted by atomic mass is 32.2. The summed E-state index contributed by atoms with van der Waals surface area (Å²) in [5, 5.41) is 0.722. The first-order valence-electron chi connectivity index (χ1n) is 9.02. The summed E-state index contributed by atoms with van der Waals surface area (Å²) in [6, 6.07) is 10.9. The van der Waals surface area contributed by atoms with Gasteiger partial charge in [-0.05, 0) is 45.0 Å². The molecule has 3 aromatic rings.